The molecule has 0 aliphatic carbocycles. The Kier molecular flexibility index (Phi) is 7.02. The number of hydrogen-bond acceptors (Lipinski definition) is 5. The van der Waals surface area contributed by atoms with E-state index in [1.807, 2.05) is 0 Å². The van der Waals surface area contributed by atoms with Gasteiger partial charge in [-0.1, -0.05) is 12.1 Å². The molecule has 2 aromatic carbocycles. The summed E-state index contributed by atoms with van der Waals surface area (Å²) in [6.07, 6.45) is 0.779. The lowest BCUT2D eigenvalue weighted by Gasteiger charge is -2.12. The molecule has 1 amide bonds. The van der Waals surface area contributed by atoms with Gasteiger partial charge in [-0.3, -0.25) is 9.59 Å². The van der Waals surface area contributed by atoms with Gasteiger partial charge >= 0.3 is 5.97 Å². The van der Waals surface area contributed by atoms with Gasteiger partial charge in [0, 0.05) is 12.1 Å². The van der Waals surface area contributed by atoms with Crippen molar-refractivity contribution in [3.05, 3.63) is 53.6 Å². The Morgan fingerprint density at radius 2 is 1.92 bits per heavy atom. The fourth-order valence-corrected chi connectivity index (χ4v) is 2.34. The third kappa shape index (κ3) is 5.51. The van der Waals surface area contributed by atoms with Crippen molar-refractivity contribution in [2.45, 2.75) is 26.7 Å². The summed E-state index contributed by atoms with van der Waals surface area (Å²) >= 11 is 0. The molecule has 0 unspecified atom stereocenters. The zero-order chi connectivity index (χ0) is 18.9. The summed E-state index contributed by atoms with van der Waals surface area (Å²) in [5.41, 5.74) is 1.66. The molecule has 2 rings (SSSR count). The highest BCUT2D eigenvalue weighted by molar-refractivity contribution is 6.06. The zero-order valence-electron chi connectivity index (χ0n) is 15.0. The first-order valence-corrected chi connectivity index (χ1v) is 8.49. The number of para-hydroxylation sites is 1. The predicted molar refractivity (Wildman–Crippen MR) is 98.6 cm³/mol. The normalized spacial score (nSPS) is 10.2. The number of aromatic hydroxyl groups is 1. The molecule has 0 aliphatic heterocycles. The molecular weight excluding hydrogens is 334 g/mol. The first-order chi connectivity index (χ1) is 12.5. The summed E-state index contributed by atoms with van der Waals surface area (Å²) < 4.78 is 10.5. The SMILES string of the molecule is CCOC(=O)CCCOc1ccccc1C(=O)Nc1ccc(O)c(C)c1. The monoisotopic (exact) mass is 357 g/mol. The molecule has 2 N–H and O–H groups in total. The van der Waals surface area contributed by atoms with Crippen LogP contribution in [-0.4, -0.2) is 30.2 Å². The van der Waals surface area contributed by atoms with Crippen molar-refractivity contribution in [2.75, 3.05) is 18.5 Å². The minimum Gasteiger partial charge on any atom is -0.508 e. The van der Waals surface area contributed by atoms with Gasteiger partial charge in [0.05, 0.1) is 18.8 Å². The average molecular weight is 357 g/mol. The van der Waals surface area contributed by atoms with E-state index in [0.29, 0.717) is 42.2 Å². The van der Waals surface area contributed by atoms with Crippen molar-refractivity contribution in [3.8, 4) is 11.5 Å². The minimum absolute atomic E-state index is 0.174. The quantitative estimate of drug-likeness (QED) is 0.428. The fraction of sp³-hybridized carbons (Fsp3) is 0.300. The van der Waals surface area contributed by atoms with Gasteiger partial charge in [-0.05, 0) is 56.2 Å². The van der Waals surface area contributed by atoms with Crippen molar-refractivity contribution in [1.29, 1.82) is 0 Å². The maximum Gasteiger partial charge on any atom is 0.305 e. The van der Waals surface area contributed by atoms with Crippen LogP contribution in [0.3, 0.4) is 0 Å². The molecule has 0 saturated heterocycles. The van der Waals surface area contributed by atoms with Crippen molar-refractivity contribution in [2.24, 2.45) is 0 Å². The Morgan fingerprint density at radius 1 is 1.15 bits per heavy atom. The van der Waals surface area contributed by atoms with Crippen molar-refractivity contribution < 1.29 is 24.2 Å². The number of phenols is 1. The van der Waals surface area contributed by atoms with E-state index in [1.54, 1.807) is 50.2 Å². The number of amides is 1. The van der Waals surface area contributed by atoms with Crippen LogP contribution in [0.25, 0.3) is 0 Å². The molecule has 0 heterocycles. The highest BCUT2D eigenvalue weighted by Crippen LogP contribution is 2.23. The Labute approximate surface area is 152 Å². The van der Waals surface area contributed by atoms with Crippen LogP contribution in [0.4, 0.5) is 5.69 Å². The Bertz CT molecular complexity index is 773. The maximum atomic E-state index is 12.5. The molecule has 0 bridgehead atoms. The summed E-state index contributed by atoms with van der Waals surface area (Å²) in [6.45, 7) is 4.19. The highest BCUT2D eigenvalue weighted by atomic mass is 16.5. The molecule has 6 heteroatoms. The number of phenolic OH excluding ortho intramolecular Hbond substituents is 1. The van der Waals surface area contributed by atoms with E-state index >= 15 is 0 Å². The van der Waals surface area contributed by atoms with Crippen LogP contribution in [0.2, 0.25) is 0 Å². The van der Waals surface area contributed by atoms with Crippen LogP contribution in [0.5, 0.6) is 11.5 Å². The van der Waals surface area contributed by atoms with Crippen LogP contribution in [0, 0.1) is 6.92 Å². The summed E-state index contributed by atoms with van der Waals surface area (Å²) in [6, 6.07) is 11.8. The third-order valence-electron chi connectivity index (χ3n) is 3.67. The molecule has 138 valence electrons. The van der Waals surface area contributed by atoms with E-state index in [9.17, 15) is 14.7 Å². The topological polar surface area (TPSA) is 84.9 Å². The number of esters is 1. The molecule has 0 aliphatic rings. The second kappa shape index (κ2) is 9.46. The van der Waals surface area contributed by atoms with Crippen molar-refractivity contribution in [1.82, 2.24) is 0 Å². The van der Waals surface area contributed by atoms with E-state index in [1.165, 1.54) is 6.07 Å². The number of rotatable bonds is 8. The molecule has 2 aromatic rings. The smallest absolute Gasteiger partial charge is 0.305 e. The minimum atomic E-state index is -0.309. The molecule has 6 nitrogen and oxygen atoms in total. The summed E-state index contributed by atoms with van der Waals surface area (Å²) in [7, 11) is 0. The molecule has 0 atom stereocenters. The van der Waals surface area contributed by atoms with Gasteiger partial charge < -0.3 is 19.9 Å². The van der Waals surface area contributed by atoms with Gasteiger partial charge in [-0.15, -0.1) is 0 Å². The molecular formula is C20H23NO5. The first-order valence-electron chi connectivity index (χ1n) is 8.49. The Morgan fingerprint density at radius 3 is 2.65 bits per heavy atom. The maximum absolute atomic E-state index is 12.5. The van der Waals surface area contributed by atoms with Gasteiger partial charge in [0.2, 0.25) is 0 Å². The van der Waals surface area contributed by atoms with Gasteiger partial charge in [-0.25, -0.2) is 0 Å². The molecule has 26 heavy (non-hydrogen) atoms. The first kappa shape index (κ1) is 19.3. The average Bonchev–Trinajstić information content (AvgIpc) is 2.62. The van der Waals surface area contributed by atoms with Gasteiger partial charge in [0.25, 0.3) is 5.91 Å². The zero-order valence-corrected chi connectivity index (χ0v) is 15.0. The van der Waals surface area contributed by atoms with Crippen molar-refractivity contribution in [3.63, 3.8) is 0 Å². The second-order valence-corrected chi connectivity index (χ2v) is 5.71. The molecule has 0 radical (unpaired) electrons. The largest absolute Gasteiger partial charge is 0.508 e. The van der Waals surface area contributed by atoms with Crippen molar-refractivity contribution >= 4 is 17.6 Å². The van der Waals surface area contributed by atoms with Crippen LogP contribution in [0.15, 0.2) is 42.5 Å². The second-order valence-electron chi connectivity index (χ2n) is 5.71. The van der Waals surface area contributed by atoms with E-state index in [0.717, 1.165) is 0 Å². The van der Waals surface area contributed by atoms with Crippen LogP contribution >= 0.6 is 0 Å². The third-order valence-corrected chi connectivity index (χ3v) is 3.67. The Hall–Kier alpha value is -3.02. The predicted octanol–water partition coefficient (Wildman–Crippen LogP) is 3.68. The number of benzene rings is 2. The standard InChI is InChI=1S/C20H23NO5/c1-3-25-19(23)9-6-12-26-18-8-5-4-7-16(18)20(24)21-15-10-11-17(22)14(2)13-15/h4-5,7-8,10-11,13,22H,3,6,9,12H2,1-2H3,(H,21,24). The molecule has 0 fully saturated rings. The van der Waals surface area contributed by atoms with Gasteiger partial charge in [0.15, 0.2) is 0 Å². The number of ether oxygens (including phenoxy) is 2. The van der Waals surface area contributed by atoms with E-state index in [-0.39, 0.29) is 24.0 Å². The molecule has 0 spiro atoms. The fourth-order valence-electron chi connectivity index (χ4n) is 2.34. The number of hydrogen-bond donors (Lipinski definition) is 2. The lowest BCUT2D eigenvalue weighted by Crippen LogP contribution is -2.14. The summed E-state index contributed by atoms with van der Waals surface area (Å²) in [5, 5.41) is 12.4. The number of aryl methyl sites for hydroxylation is 1. The van der Waals surface area contributed by atoms with Gasteiger partial charge in [0.1, 0.15) is 11.5 Å². The van der Waals surface area contributed by atoms with Crippen LogP contribution in [0.1, 0.15) is 35.7 Å². The molecule has 0 saturated carbocycles. The van der Waals surface area contributed by atoms with Crippen LogP contribution in [-0.2, 0) is 9.53 Å². The van der Waals surface area contributed by atoms with E-state index in [2.05, 4.69) is 5.32 Å². The van der Waals surface area contributed by atoms with E-state index in [4.69, 9.17) is 9.47 Å². The number of nitrogens with one attached hydrogen (secondary N) is 1. The lowest BCUT2D eigenvalue weighted by atomic mass is 10.1. The number of carbonyl (C=O) groups excluding carboxylic acids is 2. The number of anilines is 1. The van der Waals surface area contributed by atoms with Crippen LogP contribution < -0.4 is 10.1 Å². The summed E-state index contributed by atoms with van der Waals surface area (Å²) in [5.74, 6) is 0.0543. The number of carbonyl (C=O) groups is 2. The molecule has 0 aromatic heterocycles. The Balaban J connectivity index is 1.97. The summed E-state index contributed by atoms with van der Waals surface area (Å²) in [4.78, 5) is 23.9. The van der Waals surface area contributed by atoms with E-state index < -0.39 is 0 Å². The highest BCUT2D eigenvalue weighted by Gasteiger charge is 2.13. The lowest BCUT2D eigenvalue weighted by molar-refractivity contribution is -0.143. The van der Waals surface area contributed by atoms with Gasteiger partial charge in [-0.2, -0.15) is 0 Å².